The Balaban J connectivity index is 1.92. The number of nitriles is 1. The lowest BCUT2D eigenvalue weighted by atomic mass is 9.96. The van der Waals surface area contributed by atoms with Gasteiger partial charge in [0.25, 0.3) is 0 Å². The summed E-state index contributed by atoms with van der Waals surface area (Å²) in [6, 6.07) is 3.47. The van der Waals surface area contributed by atoms with E-state index in [-0.39, 0.29) is 29.7 Å². The number of ether oxygens (including phenoxy) is 1. The van der Waals surface area contributed by atoms with Crippen molar-refractivity contribution in [3.8, 4) is 6.07 Å². The smallest absolute Gasteiger partial charge is 0.340 e. The van der Waals surface area contributed by atoms with Gasteiger partial charge in [-0.25, -0.2) is 9.78 Å². The van der Waals surface area contributed by atoms with E-state index in [2.05, 4.69) is 16.4 Å². The molecule has 3 heterocycles. The van der Waals surface area contributed by atoms with Crippen LogP contribution < -0.4 is 10.2 Å². The number of aromatic nitrogens is 1. The summed E-state index contributed by atoms with van der Waals surface area (Å²) < 4.78 is 5.12. The van der Waals surface area contributed by atoms with E-state index in [9.17, 15) is 24.8 Å². The van der Waals surface area contributed by atoms with Crippen molar-refractivity contribution in [2.75, 3.05) is 24.6 Å². The summed E-state index contributed by atoms with van der Waals surface area (Å²) in [5.41, 5.74) is 0.958. The number of nitrogens with one attached hydrogen (secondary N) is 1. The van der Waals surface area contributed by atoms with E-state index in [1.165, 1.54) is 6.07 Å². The molecular weight excluding hydrogens is 376 g/mol. The number of esters is 1. The van der Waals surface area contributed by atoms with Crippen LogP contribution in [0, 0.1) is 17.2 Å². The minimum atomic E-state index is -0.812. The summed E-state index contributed by atoms with van der Waals surface area (Å²) >= 11 is 0. The molecule has 154 valence electrons. The Hall–Kier alpha value is -3.15. The van der Waals surface area contributed by atoms with Gasteiger partial charge in [0.15, 0.2) is 0 Å². The molecule has 9 nitrogen and oxygen atoms in total. The summed E-state index contributed by atoms with van der Waals surface area (Å²) in [7, 11) is 0. The number of hydrogen-bond acceptors (Lipinski definition) is 7. The van der Waals surface area contributed by atoms with Gasteiger partial charge in [-0.05, 0) is 32.3 Å². The van der Waals surface area contributed by atoms with Gasteiger partial charge in [0.05, 0.1) is 29.3 Å². The van der Waals surface area contributed by atoms with Crippen LogP contribution in [0.4, 0.5) is 5.82 Å². The number of hydrogen-bond donors (Lipinski definition) is 2. The highest BCUT2D eigenvalue weighted by Crippen LogP contribution is 2.28. The standard InChI is InChI=1S/C20H24N4O5/c1-2-29-20(28)15-9-13(11-21)18(24-7-5-12(6-8-24)19(26)27)23-16(15)10-14-3-4-17(25)22-14/h9,12,14H,2-8,10H2,1H3,(H,22,25)(H,26,27). The van der Waals surface area contributed by atoms with Crippen LogP contribution >= 0.6 is 0 Å². The molecule has 0 spiro atoms. The molecule has 0 bridgehead atoms. The monoisotopic (exact) mass is 400 g/mol. The number of carbonyl (C=O) groups is 3. The molecule has 2 saturated heterocycles. The molecule has 0 aliphatic carbocycles. The molecule has 1 unspecified atom stereocenters. The number of piperidine rings is 1. The third-order valence-electron chi connectivity index (χ3n) is 5.37. The number of amides is 1. The van der Waals surface area contributed by atoms with Crippen LogP contribution in [0.2, 0.25) is 0 Å². The maximum Gasteiger partial charge on any atom is 0.340 e. The van der Waals surface area contributed by atoms with Crippen LogP contribution in [0.25, 0.3) is 0 Å². The number of carbonyl (C=O) groups excluding carboxylic acids is 2. The highest BCUT2D eigenvalue weighted by Gasteiger charge is 2.29. The van der Waals surface area contributed by atoms with Gasteiger partial charge in [-0.1, -0.05) is 0 Å². The van der Waals surface area contributed by atoms with Crippen molar-refractivity contribution >= 4 is 23.7 Å². The summed E-state index contributed by atoms with van der Waals surface area (Å²) in [6.45, 7) is 2.84. The molecule has 0 aromatic carbocycles. The van der Waals surface area contributed by atoms with E-state index < -0.39 is 17.9 Å². The molecule has 1 aromatic heterocycles. The lowest BCUT2D eigenvalue weighted by Gasteiger charge is -2.32. The number of pyridine rings is 1. The fraction of sp³-hybridized carbons (Fsp3) is 0.550. The Labute approximate surface area is 168 Å². The number of carboxylic acid groups (broad SMARTS) is 1. The van der Waals surface area contributed by atoms with E-state index in [0.717, 1.165) is 0 Å². The van der Waals surface area contributed by atoms with Crippen LogP contribution in [0.15, 0.2) is 6.07 Å². The number of carboxylic acids is 1. The predicted octanol–water partition coefficient (Wildman–Crippen LogP) is 1.25. The topological polar surface area (TPSA) is 133 Å². The largest absolute Gasteiger partial charge is 0.481 e. The zero-order valence-corrected chi connectivity index (χ0v) is 16.3. The Morgan fingerprint density at radius 2 is 2.10 bits per heavy atom. The summed E-state index contributed by atoms with van der Waals surface area (Å²) in [5, 5.41) is 21.7. The third kappa shape index (κ3) is 4.65. The number of nitrogens with zero attached hydrogens (tertiary/aromatic N) is 3. The van der Waals surface area contributed by atoms with Crippen LogP contribution in [0.5, 0.6) is 0 Å². The molecule has 2 N–H and O–H groups in total. The van der Waals surface area contributed by atoms with Gasteiger partial charge in [-0.2, -0.15) is 5.26 Å². The first-order chi connectivity index (χ1) is 13.9. The number of anilines is 1. The molecule has 9 heteroatoms. The first-order valence-corrected chi connectivity index (χ1v) is 9.81. The fourth-order valence-corrected chi connectivity index (χ4v) is 3.81. The lowest BCUT2D eigenvalue weighted by molar-refractivity contribution is -0.142. The van der Waals surface area contributed by atoms with Gasteiger partial charge in [0.1, 0.15) is 11.9 Å². The second-order valence-electron chi connectivity index (χ2n) is 7.29. The Morgan fingerprint density at radius 3 is 2.66 bits per heavy atom. The second kappa shape index (κ2) is 8.90. The van der Waals surface area contributed by atoms with Gasteiger partial charge < -0.3 is 20.1 Å². The van der Waals surface area contributed by atoms with Gasteiger partial charge in [0.2, 0.25) is 5.91 Å². The van der Waals surface area contributed by atoms with Crippen molar-refractivity contribution < 1.29 is 24.2 Å². The highest BCUT2D eigenvalue weighted by molar-refractivity contribution is 5.92. The van der Waals surface area contributed by atoms with E-state index in [0.29, 0.717) is 56.7 Å². The SMILES string of the molecule is CCOC(=O)c1cc(C#N)c(N2CCC(C(=O)O)CC2)nc1CC1CCC(=O)N1. The van der Waals surface area contributed by atoms with Gasteiger partial charge in [-0.15, -0.1) is 0 Å². The minimum Gasteiger partial charge on any atom is -0.481 e. The number of aliphatic carboxylic acids is 1. The molecule has 0 saturated carbocycles. The maximum absolute atomic E-state index is 12.4. The molecule has 1 aromatic rings. The van der Waals surface area contributed by atoms with Crippen LogP contribution in [-0.2, 0) is 20.7 Å². The third-order valence-corrected chi connectivity index (χ3v) is 5.37. The first kappa shape index (κ1) is 20.6. The van der Waals surface area contributed by atoms with E-state index in [1.807, 2.05) is 4.90 Å². The molecule has 2 aliphatic heterocycles. The van der Waals surface area contributed by atoms with E-state index in [4.69, 9.17) is 4.74 Å². The van der Waals surface area contributed by atoms with Crippen molar-refractivity contribution in [3.63, 3.8) is 0 Å². The van der Waals surface area contributed by atoms with Crippen molar-refractivity contribution in [1.29, 1.82) is 5.26 Å². The molecule has 1 atom stereocenters. The van der Waals surface area contributed by atoms with Crippen molar-refractivity contribution in [2.45, 2.75) is 45.1 Å². The summed E-state index contributed by atoms with van der Waals surface area (Å²) in [6.07, 6.45) is 2.39. The van der Waals surface area contributed by atoms with E-state index >= 15 is 0 Å². The van der Waals surface area contributed by atoms with Crippen LogP contribution in [-0.4, -0.2) is 53.7 Å². The van der Waals surface area contributed by atoms with Crippen LogP contribution in [0.3, 0.4) is 0 Å². The fourth-order valence-electron chi connectivity index (χ4n) is 3.81. The van der Waals surface area contributed by atoms with E-state index in [1.54, 1.807) is 6.92 Å². The summed E-state index contributed by atoms with van der Waals surface area (Å²) in [4.78, 5) is 41.7. The van der Waals surface area contributed by atoms with Gasteiger partial charge >= 0.3 is 11.9 Å². The second-order valence-corrected chi connectivity index (χ2v) is 7.29. The highest BCUT2D eigenvalue weighted by atomic mass is 16.5. The van der Waals surface area contributed by atoms with Crippen molar-refractivity contribution in [3.05, 3.63) is 22.9 Å². The Bertz CT molecular complexity index is 855. The molecule has 29 heavy (non-hydrogen) atoms. The predicted molar refractivity (Wildman–Crippen MR) is 102 cm³/mol. The minimum absolute atomic E-state index is 0.0303. The van der Waals surface area contributed by atoms with Crippen molar-refractivity contribution in [1.82, 2.24) is 10.3 Å². The Kier molecular flexibility index (Phi) is 6.32. The lowest BCUT2D eigenvalue weighted by Crippen LogP contribution is -2.37. The molecular formula is C20H24N4O5. The zero-order valence-electron chi connectivity index (χ0n) is 16.3. The molecule has 2 fully saturated rings. The molecule has 2 aliphatic rings. The quantitative estimate of drug-likeness (QED) is 0.682. The van der Waals surface area contributed by atoms with Crippen molar-refractivity contribution in [2.24, 2.45) is 5.92 Å². The molecule has 0 radical (unpaired) electrons. The summed E-state index contributed by atoms with van der Waals surface area (Å²) in [5.74, 6) is -1.34. The average Bonchev–Trinajstić information content (AvgIpc) is 3.12. The van der Waals surface area contributed by atoms with Crippen LogP contribution in [0.1, 0.15) is 54.2 Å². The normalized spacial score (nSPS) is 19.5. The molecule has 3 rings (SSSR count). The zero-order chi connectivity index (χ0) is 21.0. The maximum atomic E-state index is 12.4. The Morgan fingerprint density at radius 1 is 1.38 bits per heavy atom. The molecule has 1 amide bonds. The number of rotatable bonds is 6. The average molecular weight is 400 g/mol. The van der Waals surface area contributed by atoms with Gasteiger partial charge in [-0.3, -0.25) is 9.59 Å². The first-order valence-electron chi connectivity index (χ1n) is 9.81. The van der Waals surface area contributed by atoms with Gasteiger partial charge in [0, 0.05) is 32.0 Å².